The third-order valence-electron chi connectivity index (χ3n) is 3.25. The van der Waals surface area contributed by atoms with Gasteiger partial charge in [0.25, 0.3) is 5.91 Å². The highest BCUT2D eigenvalue weighted by Crippen LogP contribution is 2.28. The Kier molecular flexibility index (Phi) is 3.64. The molecule has 0 saturated heterocycles. The number of carboxylic acid groups (broad SMARTS) is 1. The first kappa shape index (κ1) is 12.6. The van der Waals surface area contributed by atoms with Crippen molar-refractivity contribution in [3.05, 3.63) is 18.0 Å². The molecule has 1 aromatic heterocycles. The van der Waals surface area contributed by atoms with Crippen LogP contribution in [0.15, 0.2) is 12.3 Å². The SMILES string of the molecule is CN(CC(=O)O)C(=O)c1ccn(C2CCCC2)n1. The molecule has 1 heterocycles. The Hall–Kier alpha value is -1.85. The van der Waals surface area contributed by atoms with Crippen LogP contribution in [-0.4, -0.2) is 45.3 Å². The molecule has 0 aromatic carbocycles. The first-order valence-corrected chi connectivity index (χ1v) is 6.10. The van der Waals surface area contributed by atoms with Gasteiger partial charge in [-0.1, -0.05) is 12.8 Å². The van der Waals surface area contributed by atoms with E-state index in [0.717, 1.165) is 17.7 Å². The Morgan fingerprint density at radius 2 is 2.17 bits per heavy atom. The van der Waals surface area contributed by atoms with Gasteiger partial charge in [-0.2, -0.15) is 5.10 Å². The Morgan fingerprint density at radius 3 is 2.78 bits per heavy atom. The molecular formula is C12H17N3O3. The number of carbonyl (C=O) groups excluding carboxylic acids is 1. The molecule has 2 rings (SSSR count). The lowest BCUT2D eigenvalue weighted by molar-refractivity contribution is -0.137. The maximum absolute atomic E-state index is 11.9. The van der Waals surface area contributed by atoms with Crippen molar-refractivity contribution in [1.82, 2.24) is 14.7 Å². The fraction of sp³-hybridized carbons (Fsp3) is 0.583. The predicted molar refractivity (Wildman–Crippen MR) is 64.3 cm³/mol. The molecule has 6 nitrogen and oxygen atoms in total. The molecule has 1 saturated carbocycles. The molecule has 0 spiro atoms. The first-order valence-electron chi connectivity index (χ1n) is 6.10. The van der Waals surface area contributed by atoms with Crippen LogP contribution in [0.5, 0.6) is 0 Å². The molecule has 0 atom stereocenters. The van der Waals surface area contributed by atoms with Crippen LogP contribution in [0.25, 0.3) is 0 Å². The molecule has 1 fully saturated rings. The van der Waals surface area contributed by atoms with Crippen molar-refractivity contribution in [2.45, 2.75) is 31.7 Å². The summed E-state index contributed by atoms with van der Waals surface area (Å²) in [7, 11) is 1.46. The van der Waals surface area contributed by atoms with Crippen LogP contribution in [0, 0.1) is 0 Å². The average molecular weight is 251 g/mol. The molecule has 98 valence electrons. The maximum Gasteiger partial charge on any atom is 0.323 e. The van der Waals surface area contributed by atoms with Gasteiger partial charge in [-0.3, -0.25) is 14.3 Å². The van der Waals surface area contributed by atoms with Gasteiger partial charge in [0, 0.05) is 13.2 Å². The number of carbonyl (C=O) groups is 2. The third-order valence-corrected chi connectivity index (χ3v) is 3.25. The molecule has 1 aliphatic rings. The van der Waals surface area contributed by atoms with Crippen molar-refractivity contribution >= 4 is 11.9 Å². The molecule has 0 radical (unpaired) electrons. The quantitative estimate of drug-likeness (QED) is 0.871. The second-order valence-electron chi connectivity index (χ2n) is 4.67. The molecular weight excluding hydrogens is 234 g/mol. The summed E-state index contributed by atoms with van der Waals surface area (Å²) < 4.78 is 1.83. The second-order valence-corrected chi connectivity index (χ2v) is 4.67. The number of amides is 1. The van der Waals surface area contributed by atoms with Gasteiger partial charge in [0.1, 0.15) is 12.2 Å². The molecule has 1 aromatic rings. The van der Waals surface area contributed by atoms with E-state index in [-0.39, 0.29) is 12.5 Å². The minimum absolute atomic E-state index is 0.310. The van der Waals surface area contributed by atoms with Gasteiger partial charge in [-0.05, 0) is 18.9 Å². The van der Waals surface area contributed by atoms with Gasteiger partial charge < -0.3 is 10.0 Å². The van der Waals surface area contributed by atoms with Crippen LogP contribution in [0.1, 0.15) is 42.2 Å². The number of hydrogen-bond acceptors (Lipinski definition) is 3. The zero-order valence-corrected chi connectivity index (χ0v) is 10.4. The Labute approximate surface area is 105 Å². The van der Waals surface area contributed by atoms with Crippen LogP contribution < -0.4 is 0 Å². The smallest absolute Gasteiger partial charge is 0.323 e. The summed E-state index contributed by atoms with van der Waals surface area (Å²) in [6.07, 6.45) is 6.40. The fourth-order valence-electron chi connectivity index (χ4n) is 2.29. The van der Waals surface area contributed by atoms with Crippen molar-refractivity contribution in [2.24, 2.45) is 0 Å². The normalized spacial score (nSPS) is 15.8. The van der Waals surface area contributed by atoms with Gasteiger partial charge >= 0.3 is 5.97 Å². The van der Waals surface area contributed by atoms with E-state index >= 15 is 0 Å². The zero-order valence-electron chi connectivity index (χ0n) is 10.4. The van der Waals surface area contributed by atoms with Crippen LogP contribution in [0.3, 0.4) is 0 Å². The number of nitrogens with zero attached hydrogens (tertiary/aromatic N) is 3. The molecule has 1 aliphatic carbocycles. The van der Waals surface area contributed by atoms with Crippen molar-refractivity contribution in [3.8, 4) is 0 Å². The number of aromatic nitrogens is 2. The number of aliphatic carboxylic acids is 1. The summed E-state index contributed by atoms with van der Waals surface area (Å²) >= 11 is 0. The standard InChI is InChI=1S/C12H17N3O3/c1-14(8-11(16)17)12(18)10-6-7-15(13-10)9-4-2-3-5-9/h6-7,9H,2-5,8H2,1H3,(H,16,17). The van der Waals surface area contributed by atoms with E-state index in [4.69, 9.17) is 5.11 Å². The van der Waals surface area contributed by atoms with E-state index in [1.54, 1.807) is 12.3 Å². The monoisotopic (exact) mass is 251 g/mol. The lowest BCUT2D eigenvalue weighted by Gasteiger charge is -2.13. The van der Waals surface area contributed by atoms with Crippen LogP contribution in [0.4, 0.5) is 0 Å². The molecule has 0 bridgehead atoms. The van der Waals surface area contributed by atoms with E-state index in [1.165, 1.54) is 19.9 Å². The molecule has 0 unspecified atom stereocenters. The molecule has 1 amide bonds. The van der Waals surface area contributed by atoms with E-state index in [2.05, 4.69) is 5.10 Å². The van der Waals surface area contributed by atoms with E-state index in [1.807, 2.05) is 4.68 Å². The number of likely N-dealkylation sites (N-methyl/N-ethyl adjacent to an activating group) is 1. The fourth-order valence-corrected chi connectivity index (χ4v) is 2.29. The summed E-state index contributed by atoms with van der Waals surface area (Å²) in [4.78, 5) is 23.6. The predicted octanol–water partition coefficient (Wildman–Crippen LogP) is 1.15. The van der Waals surface area contributed by atoms with Crippen molar-refractivity contribution in [2.75, 3.05) is 13.6 Å². The second kappa shape index (κ2) is 5.20. The van der Waals surface area contributed by atoms with Crippen LogP contribution in [-0.2, 0) is 4.79 Å². The number of rotatable bonds is 4. The van der Waals surface area contributed by atoms with Gasteiger partial charge in [-0.25, -0.2) is 0 Å². The summed E-state index contributed by atoms with van der Waals surface area (Å²) in [5.74, 6) is -1.38. The maximum atomic E-state index is 11.9. The summed E-state index contributed by atoms with van der Waals surface area (Å²) in [6, 6.07) is 2.04. The molecule has 1 N–H and O–H groups in total. The highest BCUT2D eigenvalue weighted by molar-refractivity contribution is 5.93. The van der Waals surface area contributed by atoms with E-state index in [9.17, 15) is 9.59 Å². The molecule has 0 aliphatic heterocycles. The largest absolute Gasteiger partial charge is 0.480 e. The Balaban J connectivity index is 2.04. The number of hydrogen-bond donors (Lipinski definition) is 1. The van der Waals surface area contributed by atoms with Crippen molar-refractivity contribution in [3.63, 3.8) is 0 Å². The minimum Gasteiger partial charge on any atom is -0.480 e. The lowest BCUT2D eigenvalue weighted by Crippen LogP contribution is -2.32. The van der Waals surface area contributed by atoms with E-state index in [0.29, 0.717) is 11.7 Å². The highest BCUT2D eigenvalue weighted by atomic mass is 16.4. The topological polar surface area (TPSA) is 75.4 Å². The molecule has 6 heteroatoms. The zero-order chi connectivity index (χ0) is 13.1. The highest BCUT2D eigenvalue weighted by Gasteiger charge is 2.21. The van der Waals surface area contributed by atoms with Gasteiger partial charge in [0.2, 0.25) is 0 Å². The van der Waals surface area contributed by atoms with Gasteiger partial charge in [-0.15, -0.1) is 0 Å². The van der Waals surface area contributed by atoms with Crippen LogP contribution in [0.2, 0.25) is 0 Å². The molecule has 18 heavy (non-hydrogen) atoms. The van der Waals surface area contributed by atoms with Crippen molar-refractivity contribution in [1.29, 1.82) is 0 Å². The summed E-state index contributed by atoms with van der Waals surface area (Å²) in [5, 5.41) is 12.9. The Bertz CT molecular complexity index is 449. The first-order chi connectivity index (χ1) is 8.58. The van der Waals surface area contributed by atoms with Gasteiger partial charge in [0.05, 0.1) is 6.04 Å². The lowest BCUT2D eigenvalue weighted by atomic mass is 10.3. The summed E-state index contributed by atoms with van der Waals surface area (Å²) in [6.45, 7) is -0.310. The van der Waals surface area contributed by atoms with E-state index < -0.39 is 5.97 Å². The van der Waals surface area contributed by atoms with Gasteiger partial charge in [0.15, 0.2) is 0 Å². The van der Waals surface area contributed by atoms with Crippen molar-refractivity contribution < 1.29 is 14.7 Å². The number of carboxylic acids is 1. The summed E-state index contributed by atoms with van der Waals surface area (Å²) in [5.41, 5.74) is 0.311. The Morgan fingerprint density at radius 1 is 1.50 bits per heavy atom. The minimum atomic E-state index is -1.03. The third kappa shape index (κ3) is 2.69. The van der Waals surface area contributed by atoms with Crippen LogP contribution >= 0.6 is 0 Å². The average Bonchev–Trinajstić information content (AvgIpc) is 2.97.